The van der Waals surface area contributed by atoms with Gasteiger partial charge in [0, 0.05) is 5.56 Å². The fraction of sp³-hybridized carbons (Fsp3) is 0.417. The molecule has 0 aromatic heterocycles. The van der Waals surface area contributed by atoms with Crippen LogP contribution in [-0.2, 0) is 16.1 Å². The van der Waals surface area contributed by atoms with E-state index in [1.165, 1.54) is 0 Å². The lowest BCUT2D eigenvalue weighted by molar-refractivity contribution is -0.144. The summed E-state index contributed by atoms with van der Waals surface area (Å²) in [6.45, 7) is 5.52. The largest absolute Gasteiger partial charge is 0.508 e. The minimum Gasteiger partial charge on any atom is -0.508 e. The molecule has 0 unspecified atom stereocenters. The lowest BCUT2D eigenvalue weighted by Gasteiger charge is -2.18. The third-order valence-corrected chi connectivity index (χ3v) is 1.81. The van der Waals surface area contributed by atoms with E-state index < -0.39 is 5.60 Å². The number of hydrogen-bond donors (Lipinski definition) is 2. The standard InChI is InChI=1S/C12H17NO3/c1-12(2,3)16-13-11(15)8-9-6-4-5-7-10(9)14/h4-7,14H,8H2,1-3H3,(H,13,15). The summed E-state index contributed by atoms with van der Waals surface area (Å²) in [5, 5.41) is 9.47. The molecule has 0 spiro atoms. The maximum absolute atomic E-state index is 11.5. The molecule has 0 heterocycles. The van der Waals surface area contributed by atoms with Gasteiger partial charge in [0.1, 0.15) is 5.75 Å². The highest BCUT2D eigenvalue weighted by Gasteiger charge is 2.13. The van der Waals surface area contributed by atoms with Crippen LogP contribution in [0.5, 0.6) is 5.75 Å². The zero-order valence-electron chi connectivity index (χ0n) is 9.78. The highest BCUT2D eigenvalue weighted by molar-refractivity contribution is 5.78. The maximum atomic E-state index is 11.5. The second kappa shape index (κ2) is 4.99. The fourth-order valence-corrected chi connectivity index (χ4v) is 1.08. The van der Waals surface area contributed by atoms with E-state index in [9.17, 15) is 9.90 Å². The first-order valence-corrected chi connectivity index (χ1v) is 5.12. The number of rotatable bonds is 3. The molecule has 0 aliphatic carbocycles. The zero-order chi connectivity index (χ0) is 12.2. The summed E-state index contributed by atoms with van der Waals surface area (Å²) >= 11 is 0. The average molecular weight is 223 g/mol. The molecule has 16 heavy (non-hydrogen) atoms. The van der Waals surface area contributed by atoms with Gasteiger partial charge in [-0.2, -0.15) is 0 Å². The molecule has 1 amide bonds. The number of carbonyl (C=O) groups excluding carboxylic acids is 1. The first-order valence-electron chi connectivity index (χ1n) is 5.12. The molecule has 4 heteroatoms. The molecule has 0 radical (unpaired) electrons. The molecule has 1 rings (SSSR count). The van der Waals surface area contributed by atoms with Crippen molar-refractivity contribution in [2.45, 2.75) is 32.8 Å². The van der Waals surface area contributed by atoms with Crippen LogP contribution in [0, 0.1) is 0 Å². The van der Waals surface area contributed by atoms with Gasteiger partial charge in [0.05, 0.1) is 12.0 Å². The number of hydroxylamine groups is 1. The number of aromatic hydroxyl groups is 1. The van der Waals surface area contributed by atoms with E-state index in [1.54, 1.807) is 24.3 Å². The lowest BCUT2D eigenvalue weighted by Crippen LogP contribution is -2.34. The van der Waals surface area contributed by atoms with Gasteiger partial charge in [-0.05, 0) is 26.8 Å². The van der Waals surface area contributed by atoms with Crippen LogP contribution in [0.1, 0.15) is 26.3 Å². The second-order valence-electron chi connectivity index (χ2n) is 4.55. The molecule has 1 aromatic carbocycles. The van der Waals surface area contributed by atoms with Crippen LogP contribution in [0.25, 0.3) is 0 Å². The Bertz CT molecular complexity index is 369. The minimum atomic E-state index is -0.422. The molecular weight excluding hydrogens is 206 g/mol. The Morgan fingerprint density at radius 2 is 2.00 bits per heavy atom. The SMILES string of the molecule is CC(C)(C)ONC(=O)Cc1ccccc1O. The van der Waals surface area contributed by atoms with Gasteiger partial charge < -0.3 is 5.11 Å². The number of carbonyl (C=O) groups is 1. The van der Waals surface area contributed by atoms with Crippen LogP contribution < -0.4 is 5.48 Å². The van der Waals surface area contributed by atoms with Crippen LogP contribution in [0.4, 0.5) is 0 Å². The molecule has 2 N–H and O–H groups in total. The van der Waals surface area contributed by atoms with Crippen molar-refractivity contribution in [3.8, 4) is 5.75 Å². The van der Waals surface area contributed by atoms with E-state index in [-0.39, 0.29) is 18.1 Å². The molecule has 0 saturated heterocycles. The smallest absolute Gasteiger partial charge is 0.248 e. The first kappa shape index (κ1) is 12.5. The van der Waals surface area contributed by atoms with Gasteiger partial charge in [0.15, 0.2) is 0 Å². The average Bonchev–Trinajstić information content (AvgIpc) is 2.18. The number of phenols is 1. The van der Waals surface area contributed by atoms with Crippen molar-refractivity contribution in [3.63, 3.8) is 0 Å². The Kier molecular flexibility index (Phi) is 3.90. The van der Waals surface area contributed by atoms with E-state index in [0.717, 1.165) is 0 Å². The Labute approximate surface area is 95.2 Å². The first-order chi connectivity index (χ1) is 7.38. The molecule has 0 aliphatic rings. The third-order valence-electron chi connectivity index (χ3n) is 1.81. The van der Waals surface area contributed by atoms with E-state index in [1.807, 2.05) is 20.8 Å². The van der Waals surface area contributed by atoms with E-state index in [2.05, 4.69) is 5.48 Å². The van der Waals surface area contributed by atoms with E-state index in [4.69, 9.17) is 4.84 Å². The van der Waals surface area contributed by atoms with Gasteiger partial charge in [0.25, 0.3) is 0 Å². The van der Waals surface area contributed by atoms with E-state index in [0.29, 0.717) is 5.56 Å². The van der Waals surface area contributed by atoms with Crippen LogP contribution in [0.3, 0.4) is 0 Å². The van der Waals surface area contributed by atoms with Crippen molar-refractivity contribution in [2.75, 3.05) is 0 Å². The topological polar surface area (TPSA) is 58.6 Å². The number of benzene rings is 1. The summed E-state index contributed by atoms with van der Waals surface area (Å²) in [6.07, 6.45) is 0.1000. The number of para-hydroxylation sites is 1. The van der Waals surface area contributed by atoms with Crippen molar-refractivity contribution in [1.29, 1.82) is 0 Å². The highest BCUT2D eigenvalue weighted by atomic mass is 16.7. The molecule has 0 bridgehead atoms. The minimum absolute atomic E-state index is 0.1000. The van der Waals surface area contributed by atoms with Crippen molar-refractivity contribution in [1.82, 2.24) is 5.48 Å². The summed E-state index contributed by atoms with van der Waals surface area (Å²) in [5.41, 5.74) is 2.51. The summed E-state index contributed by atoms with van der Waals surface area (Å²) in [7, 11) is 0. The predicted molar refractivity (Wildman–Crippen MR) is 60.8 cm³/mol. The number of phenolic OH excluding ortho intramolecular Hbond substituents is 1. The van der Waals surface area contributed by atoms with Crippen LogP contribution >= 0.6 is 0 Å². The summed E-state index contributed by atoms with van der Waals surface area (Å²) < 4.78 is 0. The zero-order valence-corrected chi connectivity index (χ0v) is 9.78. The number of amides is 1. The molecule has 4 nitrogen and oxygen atoms in total. The Balaban J connectivity index is 2.50. The molecule has 88 valence electrons. The summed E-state index contributed by atoms with van der Waals surface area (Å²) in [4.78, 5) is 16.6. The van der Waals surface area contributed by atoms with Gasteiger partial charge in [-0.25, -0.2) is 5.48 Å². The molecule has 1 aromatic rings. The van der Waals surface area contributed by atoms with Gasteiger partial charge >= 0.3 is 0 Å². The maximum Gasteiger partial charge on any atom is 0.248 e. The van der Waals surface area contributed by atoms with Crippen LogP contribution in [0.15, 0.2) is 24.3 Å². The Hall–Kier alpha value is -1.55. The fourth-order valence-electron chi connectivity index (χ4n) is 1.08. The van der Waals surface area contributed by atoms with Gasteiger partial charge in [0.2, 0.25) is 5.91 Å². The number of nitrogens with one attached hydrogen (secondary N) is 1. The molecule has 0 aliphatic heterocycles. The van der Waals surface area contributed by atoms with Crippen molar-refractivity contribution < 1.29 is 14.7 Å². The van der Waals surface area contributed by atoms with E-state index >= 15 is 0 Å². The second-order valence-corrected chi connectivity index (χ2v) is 4.55. The van der Waals surface area contributed by atoms with Crippen molar-refractivity contribution >= 4 is 5.91 Å². The van der Waals surface area contributed by atoms with Gasteiger partial charge in [-0.1, -0.05) is 18.2 Å². The lowest BCUT2D eigenvalue weighted by atomic mass is 10.1. The summed E-state index contributed by atoms with van der Waals surface area (Å²) in [5.74, 6) is -0.162. The monoisotopic (exact) mass is 223 g/mol. The Morgan fingerprint density at radius 1 is 1.38 bits per heavy atom. The molecule has 0 saturated carbocycles. The quantitative estimate of drug-likeness (QED) is 0.768. The molecule has 0 fully saturated rings. The van der Waals surface area contributed by atoms with Gasteiger partial charge in [-0.15, -0.1) is 0 Å². The Morgan fingerprint density at radius 3 is 2.56 bits per heavy atom. The number of hydrogen-bond acceptors (Lipinski definition) is 3. The van der Waals surface area contributed by atoms with Crippen LogP contribution in [-0.4, -0.2) is 16.6 Å². The normalized spacial score (nSPS) is 11.2. The van der Waals surface area contributed by atoms with Gasteiger partial charge in [-0.3, -0.25) is 9.63 Å². The predicted octanol–water partition coefficient (Wildman–Crippen LogP) is 1.78. The third kappa shape index (κ3) is 4.31. The molecular formula is C12H17NO3. The highest BCUT2D eigenvalue weighted by Crippen LogP contribution is 2.16. The molecule has 0 atom stereocenters. The summed E-state index contributed by atoms with van der Waals surface area (Å²) in [6, 6.07) is 6.73. The van der Waals surface area contributed by atoms with Crippen LogP contribution in [0.2, 0.25) is 0 Å². The van der Waals surface area contributed by atoms with Crippen molar-refractivity contribution in [2.24, 2.45) is 0 Å². The van der Waals surface area contributed by atoms with Crippen molar-refractivity contribution in [3.05, 3.63) is 29.8 Å².